The zero-order valence-electron chi connectivity index (χ0n) is 18.7. The molecule has 1 aliphatic heterocycles. The van der Waals surface area contributed by atoms with Crippen LogP contribution in [-0.4, -0.2) is 26.2 Å². The predicted octanol–water partition coefficient (Wildman–Crippen LogP) is 6.18. The lowest BCUT2D eigenvalue weighted by molar-refractivity contribution is 0.717. The number of rotatable bonds is 6. The molecule has 1 heterocycles. The highest BCUT2D eigenvalue weighted by atomic mass is 15.4. The molecule has 30 heavy (non-hydrogen) atoms. The van der Waals surface area contributed by atoms with Crippen LogP contribution < -0.4 is 14.7 Å². The summed E-state index contributed by atoms with van der Waals surface area (Å²) >= 11 is 0. The van der Waals surface area contributed by atoms with Crippen molar-refractivity contribution in [1.82, 2.24) is 0 Å². The van der Waals surface area contributed by atoms with Gasteiger partial charge < -0.3 is 14.7 Å². The second-order valence-electron chi connectivity index (χ2n) is 8.20. The smallest absolute Gasteiger partial charge is 0.128 e. The summed E-state index contributed by atoms with van der Waals surface area (Å²) in [6, 6.07) is 27.1. The molecule has 0 amide bonds. The Kier molecular flexibility index (Phi) is 5.98. The van der Waals surface area contributed by atoms with Gasteiger partial charge in [-0.2, -0.15) is 0 Å². The maximum atomic E-state index is 2.53. The van der Waals surface area contributed by atoms with E-state index in [1.165, 1.54) is 33.8 Å². The standard InChI is InChI=1S/C27H33N3/c1-5-28(6-2)24-17-11-23(12-18-24)27-29(25-13-7-21(3)8-14-25)19-20-30(27)26-15-9-22(4)10-16-26/h7-18,27H,5-6,19-20H2,1-4H3. The molecular weight excluding hydrogens is 366 g/mol. The van der Waals surface area contributed by atoms with Gasteiger partial charge in [-0.15, -0.1) is 0 Å². The zero-order valence-corrected chi connectivity index (χ0v) is 18.7. The first-order valence-corrected chi connectivity index (χ1v) is 11.1. The fourth-order valence-electron chi connectivity index (χ4n) is 4.45. The maximum Gasteiger partial charge on any atom is 0.128 e. The Morgan fingerprint density at radius 3 is 1.50 bits per heavy atom. The molecule has 0 aliphatic carbocycles. The molecule has 3 aromatic rings. The summed E-state index contributed by atoms with van der Waals surface area (Å²) in [6.45, 7) is 12.8. The lowest BCUT2D eigenvalue weighted by atomic mass is 10.1. The molecule has 0 radical (unpaired) electrons. The van der Waals surface area contributed by atoms with Crippen molar-refractivity contribution in [2.75, 3.05) is 40.9 Å². The first-order valence-electron chi connectivity index (χ1n) is 11.1. The number of nitrogens with zero attached hydrogens (tertiary/aromatic N) is 3. The lowest BCUT2D eigenvalue weighted by Crippen LogP contribution is -2.31. The van der Waals surface area contributed by atoms with Crippen molar-refractivity contribution in [1.29, 1.82) is 0 Å². The first-order chi connectivity index (χ1) is 14.6. The van der Waals surface area contributed by atoms with Crippen LogP contribution >= 0.6 is 0 Å². The van der Waals surface area contributed by atoms with E-state index in [1.807, 2.05) is 0 Å². The number of hydrogen-bond donors (Lipinski definition) is 0. The highest BCUT2D eigenvalue weighted by Crippen LogP contribution is 2.38. The lowest BCUT2D eigenvalue weighted by Gasteiger charge is -2.34. The summed E-state index contributed by atoms with van der Waals surface area (Å²) in [7, 11) is 0. The highest BCUT2D eigenvalue weighted by molar-refractivity contribution is 5.60. The Bertz CT molecular complexity index is 887. The molecule has 1 saturated heterocycles. The van der Waals surface area contributed by atoms with Gasteiger partial charge in [-0.3, -0.25) is 0 Å². The third kappa shape index (κ3) is 4.02. The van der Waals surface area contributed by atoms with E-state index in [-0.39, 0.29) is 6.17 Å². The van der Waals surface area contributed by atoms with Crippen LogP contribution in [0.2, 0.25) is 0 Å². The van der Waals surface area contributed by atoms with Crippen molar-refractivity contribution in [3.8, 4) is 0 Å². The van der Waals surface area contributed by atoms with Crippen molar-refractivity contribution >= 4 is 17.1 Å². The number of aryl methyl sites for hydroxylation is 2. The molecule has 3 aromatic carbocycles. The Hall–Kier alpha value is -2.94. The van der Waals surface area contributed by atoms with Crippen molar-refractivity contribution in [3.05, 3.63) is 89.5 Å². The highest BCUT2D eigenvalue weighted by Gasteiger charge is 2.33. The largest absolute Gasteiger partial charge is 0.372 e. The van der Waals surface area contributed by atoms with Gasteiger partial charge in [0.2, 0.25) is 0 Å². The van der Waals surface area contributed by atoms with Gasteiger partial charge in [0, 0.05) is 43.2 Å². The number of anilines is 3. The molecule has 0 aromatic heterocycles. The van der Waals surface area contributed by atoms with E-state index in [4.69, 9.17) is 0 Å². The van der Waals surface area contributed by atoms with Crippen molar-refractivity contribution in [2.24, 2.45) is 0 Å². The Balaban J connectivity index is 1.72. The summed E-state index contributed by atoms with van der Waals surface area (Å²) in [5, 5.41) is 0. The van der Waals surface area contributed by atoms with Crippen LogP contribution in [0, 0.1) is 13.8 Å². The second-order valence-corrected chi connectivity index (χ2v) is 8.20. The third-order valence-electron chi connectivity index (χ3n) is 6.22. The Labute approximate surface area is 181 Å². The van der Waals surface area contributed by atoms with Gasteiger partial charge in [0.1, 0.15) is 6.17 Å². The molecule has 0 N–H and O–H groups in total. The summed E-state index contributed by atoms with van der Waals surface area (Å²) in [5.74, 6) is 0. The summed E-state index contributed by atoms with van der Waals surface area (Å²) < 4.78 is 0. The van der Waals surface area contributed by atoms with Gasteiger partial charge in [-0.05, 0) is 69.7 Å². The van der Waals surface area contributed by atoms with Crippen LogP contribution in [0.15, 0.2) is 72.8 Å². The van der Waals surface area contributed by atoms with Crippen molar-refractivity contribution < 1.29 is 0 Å². The average molecular weight is 400 g/mol. The minimum Gasteiger partial charge on any atom is -0.372 e. The van der Waals surface area contributed by atoms with Crippen molar-refractivity contribution in [3.63, 3.8) is 0 Å². The van der Waals surface area contributed by atoms with Crippen LogP contribution in [0.1, 0.15) is 36.7 Å². The molecular formula is C27H33N3. The van der Waals surface area contributed by atoms with Gasteiger partial charge in [0.25, 0.3) is 0 Å². The Morgan fingerprint density at radius 1 is 0.667 bits per heavy atom. The van der Waals surface area contributed by atoms with Crippen LogP contribution in [0.4, 0.5) is 17.1 Å². The van der Waals surface area contributed by atoms with Gasteiger partial charge >= 0.3 is 0 Å². The van der Waals surface area contributed by atoms with Crippen LogP contribution in [0.3, 0.4) is 0 Å². The van der Waals surface area contributed by atoms with E-state index in [9.17, 15) is 0 Å². The number of hydrogen-bond acceptors (Lipinski definition) is 3. The quantitative estimate of drug-likeness (QED) is 0.490. The monoisotopic (exact) mass is 399 g/mol. The molecule has 3 heteroatoms. The predicted molar refractivity (Wildman–Crippen MR) is 130 cm³/mol. The van der Waals surface area contributed by atoms with Crippen molar-refractivity contribution in [2.45, 2.75) is 33.9 Å². The van der Waals surface area contributed by atoms with E-state index in [1.54, 1.807) is 0 Å². The fraction of sp³-hybridized carbons (Fsp3) is 0.333. The molecule has 0 saturated carbocycles. The summed E-state index contributed by atoms with van der Waals surface area (Å²) in [5.41, 5.74) is 7.80. The summed E-state index contributed by atoms with van der Waals surface area (Å²) in [6.07, 6.45) is 0.196. The normalized spacial score (nSPS) is 14.4. The summed E-state index contributed by atoms with van der Waals surface area (Å²) in [4.78, 5) is 7.46. The molecule has 0 atom stereocenters. The molecule has 4 rings (SSSR count). The topological polar surface area (TPSA) is 9.72 Å². The minimum atomic E-state index is 0.196. The SMILES string of the molecule is CCN(CC)c1ccc(C2N(c3ccc(C)cc3)CCN2c2ccc(C)cc2)cc1. The van der Waals surface area contributed by atoms with E-state index in [0.717, 1.165) is 26.2 Å². The molecule has 3 nitrogen and oxygen atoms in total. The van der Waals surface area contributed by atoms with E-state index < -0.39 is 0 Å². The fourth-order valence-corrected chi connectivity index (χ4v) is 4.45. The third-order valence-corrected chi connectivity index (χ3v) is 6.22. The van der Waals surface area contributed by atoms with E-state index in [2.05, 4.69) is 115 Å². The minimum absolute atomic E-state index is 0.196. The maximum absolute atomic E-state index is 2.53. The van der Waals surface area contributed by atoms with Gasteiger partial charge in [-0.25, -0.2) is 0 Å². The number of benzene rings is 3. The van der Waals surface area contributed by atoms with Crippen LogP contribution in [-0.2, 0) is 0 Å². The molecule has 1 aliphatic rings. The van der Waals surface area contributed by atoms with Crippen LogP contribution in [0.25, 0.3) is 0 Å². The van der Waals surface area contributed by atoms with Gasteiger partial charge in [0.15, 0.2) is 0 Å². The van der Waals surface area contributed by atoms with Crippen LogP contribution in [0.5, 0.6) is 0 Å². The molecule has 156 valence electrons. The molecule has 0 unspecified atom stereocenters. The second kappa shape index (κ2) is 8.83. The molecule has 0 bridgehead atoms. The average Bonchev–Trinajstić information content (AvgIpc) is 3.21. The van der Waals surface area contributed by atoms with E-state index >= 15 is 0 Å². The Morgan fingerprint density at radius 2 is 1.10 bits per heavy atom. The van der Waals surface area contributed by atoms with Gasteiger partial charge in [0.05, 0.1) is 0 Å². The first kappa shape index (κ1) is 20.3. The van der Waals surface area contributed by atoms with Gasteiger partial charge in [-0.1, -0.05) is 47.5 Å². The molecule has 0 spiro atoms. The van der Waals surface area contributed by atoms with E-state index in [0.29, 0.717) is 0 Å². The molecule has 1 fully saturated rings. The zero-order chi connectivity index (χ0) is 21.1.